The first-order valence-corrected chi connectivity index (χ1v) is 8.00. The molecule has 0 saturated heterocycles. The predicted octanol–water partition coefficient (Wildman–Crippen LogP) is 2.83. The van der Waals surface area contributed by atoms with Crippen LogP contribution in [-0.4, -0.2) is 36.3 Å². The Labute approximate surface area is 150 Å². The highest BCUT2D eigenvalue weighted by molar-refractivity contribution is 9.10. The number of halogens is 2. The van der Waals surface area contributed by atoms with Gasteiger partial charge in [0, 0.05) is 12.7 Å². The number of nitrogens with zero attached hydrogens (tertiary/aromatic N) is 1. The molecule has 0 fully saturated rings. The van der Waals surface area contributed by atoms with Crippen LogP contribution in [0.1, 0.15) is 20.7 Å². The first-order chi connectivity index (χ1) is 11.9. The molecule has 0 atom stereocenters. The van der Waals surface area contributed by atoms with Crippen molar-refractivity contribution < 1.29 is 23.5 Å². The first kappa shape index (κ1) is 17.1. The van der Waals surface area contributed by atoms with E-state index in [0.29, 0.717) is 21.5 Å². The minimum absolute atomic E-state index is 0.243. The van der Waals surface area contributed by atoms with Crippen molar-refractivity contribution in [2.24, 2.45) is 0 Å². The second-order valence-electron chi connectivity index (χ2n) is 5.34. The Kier molecular flexibility index (Phi) is 4.54. The van der Waals surface area contributed by atoms with Crippen LogP contribution < -0.4 is 10.1 Å². The Morgan fingerprint density at radius 3 is 2.60 bits per heavy atom. The zero-order valence-electron chi connectivity index (χ0n) is 13.0. The molecule has 1 heterocycles. The molecule has 8 heteroatoms. The summed E-state index contributed by atoms with van der Waals surface area (Å²) < 4.78 is 18.7. The van der Waals surface area contributed by atoms with Crippen LogP contribution in [0, 0.1) is 5.82 Å². The van der Waals surface area contributed by atoms with E-state index in [1.54, 1.807) is 0 Å². The SMILES string of the molecule is CN1C(=O)c2ccc(NC(=O)COc3ccc(F)cc3Br)cc2C1=O. The molecular weight excluding hydrogens is 395 g/mol. The lowest BCUT2D eigenvalue weighted by Crippen LogP contribution is -2.24. The minimum atomic E-state index is -0.457. The summed E-state index contributed by atoms with van der Waals surface area (Å²) in [7, 11) is 1.40. The molecular formula is C17H12BrFN2O4. The fraction of sp³-hybridized carbons (Fsp3) is 0.118. The van der Waals surface area contributed by atoms with Gasteiger partial charge in [-0.25, -0.2) is 4.39 Å². The molecule has 0 aliphatic carbocycles. The molecule has 128 valence electrons. The van der Waals surface area contributed by atoms with Crippen molar-refractivity contribution in [1.29, 1.82) is 0 Å². The maximum atomic E-state index is 13.0. The highest BCUT2D eigenvalue weighted by atomic mass is 79.9. The van der Waals surface area contributed by atoms with Gasteiger partial charge in [-0.15, -0.1) is 0 Å². The number of benzene rings is 2. The van der Waals surface area contributed by atoms with Gasteiger partial charge in [-0.3, -0.25) is 19.3 Å². The fourth-order valence-corrected chi connectivity index (χ4v) is 2.84. The van der Waals surface area contributed by atoms with Crippen LogP contribution in [0.4, 0.5) is 10.1 Å². The van der Waals surface area contributed by atoms with Crippen molar-refractivity contribution in [3.8, 4) is 5.75 Å². The summed E-state index contributed by atoms with van der Waals surface area (Å²) in [6.07, 6.45) is 0. The Bertz CT molecular complexity index is 900. The van der Waals surface area contributed by atoms with Gasteiger partial charge in [-0.1, -0.05) is 0 Å². The van der Waals surface area contributed by atoms with E-state index in [2.05, 4.69) is 21.2 Å². The fourth-order valence-electron chi connectivity index (χ4n) is 2.37. The maximum Gasteiger partial charge on any atom is 0.262 e. The number of imide groups is 1. The third-order valence-corrected chi connectivity index (χ3v) is 4.25. The van der Waals surface area contributed by atoms with Gasteiger partial charge in [0.05, 0.1) is 15.6 Å². The van der Waals surface area contributed by atoms with Crippen molar-refractivity contribution in [2.75, 3.05) is 19.0 Å². The normalized spacial score (nSPS) is 13.0. The molecule has 2 aromatic carbocycles. The quantitative estimate of drug-likeness (QED) is 0.792. The number of nitrogens with one attached hydrogen (secondary N) is 1. The topological polar surface area (TPSA) is 75.7 Å². The van der Waals surface area contributed by atoms with Crippen molar-refractivity contribution in [3.05, 3.63) is 57.8 Å². The van der Waals surface area contributed by atoms with Gasteiger partial charge in [0.25, 0.3) is 17.7 Å². The van der Waals surface area contributed by atoms with Crippen LogP contribution in [0.3, 0.4) is 0 Å². The largest absolute Gasteiger partial charge is 0.483 e. The number of amides is 3. The molecule has 3 rings (SSSR count). The maximum absolute atomic E-state index is 13.0. The number of carbonyl (C=O) groups is 3. The monoisotopic (exact) mass is 406 g/mol. The zero-order chi connectivity index (χ0) is 18.1. The van der Waals surface area contributed by atoms with Crippen molar-refractivity contribution in [1.82, 2.24) is 4.90 Å². The van der Waals surface area contributed by atoms with Gasteiger partial charge in [0.15, 0.2) is 6.61 Å². The summed E-state index contributed by atoms with van der Waals surface area (Å²) in [5, 5.41) is 2.59. The van der Waals surface area contributed by atoms with E-state index in [-0.39, 0.29) is 18.1 Å². The molecule has 0 aromatic heterocycles. The van der Waals surface area contributed by atoms with Gasteiger partial charge in [-0.05, 0) is 52.3 Å². The third-order valence-electron chi connectivity index (χ3n) is 3.63. The number of hydrogen-bond donors (Lipinski definition) is 1. The first-order valence-electron chi connectivity index (χ1n) is 7.21. The predicted molar refractivity (Wildman–Crippen MR) is 91.1 cm³/mol. The summed E-state index contributed by atoms with van der Waals surface area (Å²) in [6, 6.07) is 8.33. The average molecular weight is 407 g/mol. The Hall–Kier alpha value is -2.74. The molecule has 0 unspecified atom stereocenters. The summed E-state index contributed by atoms with van der Waals surface area (Å²) in [5.74, 6) is -1.34. The van der Waals surface area contributed by atoms with E-state index < -0.39 is 17.6 Å². The van der Waals surface area contributed by atoms with Crippen LogP contribution in [0.2, 0.25) is 0 Å². The van der Waals surface area contributed by atoms with E-state index in [4.69, 9.17) is 4.74 Å². The van der Waals surface area contributed by atoms with Gasteiger partial charge >= 0.3 is 0 Å². The van der Waals surface area contributed by atoms with Gasteiger partial charge in [-0.2, -0.15) is 0 Å². The summed E-state index contributed by atoms with van der Waals surface area (Å²) >= 11 is 3.14. The number of carbonyl (C=O) groups excluding carboxylic acids is 3. The number of anilines is 1. The summed E-state index contributed by atoms with van der Waals surface area (Å²) in [4.78, 5) is 36.8. The van der Waals surface area contributed by atoms with Crippen molar-refractivity contribution in [3.63, 3.8) is 0 Å². The van der Waals surface area contributed by atoms with Crippen LogP contribution >= 0.6 is 15.9 Å². The number of ether oxygens (including phenoxy) is 1. The molecule has 1 aliphatic rings. The average Bonchev–Trinajstić information content (AvgIpc) is 2.78. The molecule has 6 nitrogen and oxygen atoms in total. The van der Waals surface area contributed by atoms with Crippen LogP contribution in [0.25, 0.3) is 0 Å². The lowest BCUT2D eigenvalue weighted by Gasteiger charge is -2.09. The third kappa shape index (κ3) is 3.39. The van der Waals surface area contributed by atoms with E-state index in [0.717, 1.165) is 4.90 Å². The standard InChI is InChI=1S/C17H12BrFN2O4/c1-21-16(23)11-4-3-10(7-12(11)17(21)24)20-15(22)8-25-14-5-2-9(19)6-13(14)18/h2-7H,8H2,1H3,(H,20,22). The second kappa shape index (κ2) is 6.64. The number of rotatable bonds is 4. The molecule has 0 saturated carbocycles. The van der Waals surface area contributed by atoms with E-state index in [9.17, 15) is 18.8 Å². The summed E-state index contributed by atoms with van der Waals surface area (Å²) in [5.41, 5.74) is 0.923. The van der Waals surface area contributed by atoms with E-state index >= 15 is 0 Å². The Morgan fingerprint density at radius 1 is 1.16 bits per heavy atom. The van der Waals surface area contributed by atoms with Crippen molar-refractivity contribution in [2.45, 2.75) is 0 Å². The van der Waals surface area contributed by atoms with E-state index in [1.165, 1.54) is 43.4 Å². The van der Waals surface area contributed by atoms with Crippen LogP contribution in [0.5, 0.6) is 5.75 Å². The number of fused-ring (bicyclic) bond motifs is 1. The van der Waals surface area contributed by atoms with E-state index in [1.807, 2.05) is 0 Å². The molecule has 0 spiro atoms. The van der Waals surface area contributed by atoms with Gasteiger partial charge in [0.2, 0.25) is 0 Å². The molecule has 0 bridgehead atoms. The molecule has 1 N–H and O–H groups in total. The molecule has 1 aliphatic heterocycles. The molecule has 2 aromatic rings. The molecule has 3 amide bonds. The van der Waals surface area contributed by atoms with Gasteiger partial charge in [0.1, 0.15) is 11.6 Å². The minimum Gasteiger partial charge on any atom is -0.483 e. The van der Waals surface area contributed by atoms with Gasteiger partial charge < -0.3 is 10.1 Å². The molecule has 25 heavy (non-hydrogen) atoms. The van der Waals surface area contributed by atoms with Crippen LogP contribution in [0.15, 0.2) is 40.9 Å². The zero-order valence-corrected chi connectivity index (χ0v) is 14.6. The Morgan fingerprint density at radius 2 is 1.88 bits per heavy atom. The smallest absolute Gasteiger partial charge is 0.262 e. The Balaban J connectivity index is 1.66. The van der Waals surface area contributed by atoms with Crippen molar-refractivity contribution >= 4 is 39.3 Å². The number of hydrogen-bond acceptors (Lipinski definition) is 4. The molecule has 0 radical (unpaired) electrons. The van der Waals surface area contributed by atoms with Crippen LogP contribution in [-0.2, 0) is 4.79 Å². The lowest BCUT2D eigenvalue weighted by molar-refractivity contribution is -0.118. The highest BCUT2D eigenvalue weighted by Crippen LogP contribution is 2.26. The summed E-state index contributed by atoms with van der Waals surface area (Å²) in [6.45, 7) is -0.298. The second-order valence-corrected chi connectivity index (χ2v) is 6.20. The highest BCUT2D eigenvalue weighted by Gasteiger charge is 2.32. The lowest BCUT2D eigenvalue weighted by atomic mass is 10.1.